The fraction of sp³-hybridized carbons (Fsp3) is 0.800. The highest BCUT2D eigenvalue weighted by molar-refractivity contribution is 5.40. The Hall–Kier alpha value is -1.09. The van der Waals surface area contributed by atoms with E-state index in [0.717, 1.165) is 31.5 Å². The first-order chi connectivity index (χ1) is 13.3. The second-order valence-electron chi connectivity index (χ2n) is 11.0. The number of hydrogen-bond donors (Lipinski definition) is 0. The Morgan fingerprint density at radius 2 is 1.61 bits per heavy atom. The predicted octanol–water partition coefficient (Wildman–Crippen LogP) is 5.57. The number of piperazine rings is 1. The third-order valence-corrected chi connectivity index (χ3v) is 8.59. The van der Waals surface area contributed by atoms with Gasteiger partial charge in [0.2, 0.25) is 0 Å². The lowest BCUT2D eigenvalue weighted by atomic mass is 9.49. The molecule has 2 saturated carbocycles. The number of rotatable bonds is 3. The zero-order valence-corrected chi connectivity index (χ0v) is 18.9. The van der Waals surface area contributed by atoms with Gasteiger partial charge in [0.15, 0.2) is 0 Å². The van der Waals surface area contributed by atoms with E-state index >= 15 is 0 Å². The Kier molecular flexibility index (Phi) is 5.50. The third-order valence-electron chi connectivity index (χ3n) is 8.59. The summed E-state index contributed by atoms with van der Waals surface area (Å²) in [5.74, 6) is 3.58. The second kappa shape index (κ2) is 7.63. The van der Waals surface area contributed by atoms with E-state index in [1.165, 1.54) is 56.7 Å². The van der Waals surface area contributed by atoms with Crippen molar-refractivity contribution in [2.24, 2.45) is 22.7 Å². The number of pyridine rings is 1. The number of anilines is 1. The van der Waals surface area contributed by atoms with E-state index in [9.17, 15) is 0 Å². The molecular weight excluding hydrogens is 342 g/mol. The lowest BCUT2D eigenvalue weighted by Crippen LogP contribution is -2.47. The van der Waals surface area contributed by atoms with Gasteiger partial charge in [0.05, 0.1) is 0 Å². The molecule has 2 aliphatic carbocycles. The standard InChI is InChI=1S/C25H41N3/c1-6-27-14-16-28(17-15-27)23-9-7-8-22(26-23)19-10-11-20-21(18-19)25(4,5)13-12-24(20,2)3/h7-9,19-21H,6,10-18H2,1-5H3. The molecular formula is C25H41N3. The van der Waals surface area contributed by atoms with E-state index in [2.05, 4.69) is 62.6 Å². The summed E-state index contributed by atoms with van der Waals surface area (Å²) in [7, 11) is 0. The van der Waals surface area contributed by atoms with Gasteiger partial charge >= 0.3 is 0 Å². The first-order valence-corrected chi connectivity index (χ1v) is 11.7. The number of aromatic nitrogens is 1. The molecule has 0 N–H and O–H groups in total. The van der Waals surface area contributed by atoms with Crippen LogP contribution in [0.5, 0.6) is 0 Å². The van der Waals surface area contributed by atoms with E-state index in [4.69, 9.17) is 4.98 Å². The first-order valence-electron chi connectivity index (χ1n) is 11.7. The Labute approximate surface area is 172 Å². The van der Waals surface area contributed by atoms with Gasteiger partial charge in [0, 0.05) is 37.8 Å². The van der Waals surface area contributed by atoms with Gasteiger partial charge in [-0.05, 0) is 73.4 Å². The highest BCUT2D eigenvalue weighted by Gasteiger charge is 2.50. The number of fused-ring (bicyclic) bond motifs is 1. The van der Waals surface area contributed by atoms with Crippen LogP contribution in [0.3, 0.4) is 0 Å². The Morgan fingerprint density at radius 1 is 0.929 bits per heavy atom. The van der Waals surface area contributed by atoms with Crippen molar-refractivity contribution in [2.45, 2.75) is 72.6 Å². The molecule has 156 valence electrons. The van der Waals surface area contributed by atoms with E-state index in [-0.39, 0.29) is 0 Å². The van der Waals surface area contributed by atoms with Crippen LogP contribution in [0.2, 0.25) is 0 Å². The van der Waals surface area contributed by atoms with Crippen LogP contribution in [0.4, 0.5) is 5.82 Å². The molecule has 1 saturated heterocycles. The zero-order valence-electron chi connectivity index (χ0n) is 18.9. The minimum Gasteiger partial charge on any atom is -0.354 e. The molecule has 4 rings (SSSR count). The highest BCUT2D eigenvalue weighted by Crippen LogP contribution is 2.59. The molecule has 0 radical (unpaired) electrons. The largest absolute Gasteiger partial charge is 0.354 e. The molecule has 3 heteroatoms. The minimum atomic E-state index is 0.479. The fourth-order valence-corrected chi connectivity index (χ4v) is 6.39. The normalized spacial score (nSPS) is 32.8. The lowest BCUT2D eigenvalue weighted by molar-refractivity contribution is -0.0501. The van der Waals surface area contributed by atoms with E-state index in [1.807, 2.05) is 0 Å². The second-order valence-corrected chi connectivity index (χ2v) is 11.0. The summed E-state index contributed by atoms with van der Waals surface area (Å²) in [4.78, 5) is 10.2. The molecule has 0 spiro atoms. The summed E-state index contributed by atoms with van der Waals surface area (Å²) in [6.07, 6.45) is 6.81. The summed E-state index contributed by atoms with van der Waals surface area (Å²) in [5.41, 5.74) is 2.35. The Balaban J connectivity index is 1.49. The van der Waals surface area contributed by atoms with E-state index in [1.54, 1.807) is 0 Å². The van der Waals surface area contributed by atoms with Crippen LogP contribution in [0.1, 0.15) is 78.3 Å². The molecule has 0 aromatic carbocycles. The maximum Gasteiger partial charge on any atom is 0.128 e. The summed E-state index contributed by atoms with van der Waals surface area (Å²) in [6, 6.07) is 6.79. The highest BCUT2D eigenvalue weighted by atomic mass is 15.3. The maximum absolute atomic E-state index is 5.20. The van der Waals surface area contributed by atoms with Crippen LogP contribution >= 0.6 is 0 Å². The fourth-order valence-electron chi connectivity index (χ4n) is 6.39. The van der Waals surface area contributed by atoms with Crippen LogP contribution in [-0.2, 0) is 0 Å². The van der Waals surface area contributed by atoms with Crippen molar-refractivity contribution in [2.75, 3.05) is 37.6 Å². The molecule has 0 bridgehead atoms. The van der Waals surface area contributed by atoms with Gasteiger partial charge in [-0.15, -0.1) is 0 Å². The van der Waals surface area contributed by atoms with Gasteiger partial charge in [-0.3, -0.25) is 0 Å². The van der Waals surface area contributed by atoms with Gasteiger partial charge in [-0.25, -0.2) is 4.98 Å². The summed E-state index contributed by atoms with van der Waals surface area (Å²) >= 11 is 0. The van der Waals surface area contributed by atoms with Gasteiger partial charge in [0.1, 0.15) is 5.82 Å². The topological polar surface area (TPSA) is 19.4 Å². The van der Waals surface area contributed by atoms with E-state index in [0.29, 0.717) is 16.7 Å². The van der Waals surface area contributed by atoms with E-state index < -0.39 is 0 Å². The molecule has 1 aromatic rings. The molecule has 3 atom stereocenters. The molecule has 1 aromatic heterocycles. The molecule has 3 nitrogen and oxygen atoms in total. The smallest absolute Gasteiger partial charge is 0.128 e. The van der Waals surface area contributed by atoms with Gasteiger partial charge in [0.25, 0.3) is 0 Å². The quantitative estimate of drug-likeness (QED) is 0.680. The average molecular weight is 384 g/mol. The van der Waals surface area contributed by atoms with Crippen LogP contribution in [0.25, 0.3) is 0 Å². The monoisotopic (exact) mass is 383 g/mol. The molecule has 1 aliphatic heterocycles. The molecule has 0 amide bonds. The SMILES string of the molecule is CCN1CCN(c2cccc(C3CCC4C(C3)C(C)(C)CCC4(C)C)n2)CC1. The lowest BCUT2D eigenvalue weighted by Gasteiger charge is -2.56. The summed E-state index contributed by atoms with van der Waals surface area (Å²) in [6.45, 7) is 18.1. The number of nitrogens with zero attached hydrogens (tertiary/aromatic N) is 3. The number of hydrogen-bond acceptors (Lipinski definition) is 3. The number of likely N-dealkylation sites (N-methyl/N-ethyl adjacent to an activating group) is 1. The molecule has 3 aliphatic rings. The van der Waals surface area contributed by atoms with Gasteiger partial charge in [-0.2, -0.15) is 0 Å². The summed E-state index contributed by atoms with van der Waals surface area (Å²) in [5, 5.41) is 0. The molecule has 3 unspecified atom stereocenters. The molecule has 28 heavy (non-hydrogen) atoms. The van der Waals surface area contributed by atoms with Crippen molar-refractivity contribution >= 4 is 5.82 Å². The Morgan fingerprint density at radius 3 is 2.29 bits per heavy atom. The van der Waals surface area contributed by atoms with Crippen molar-refractivity contribution in [3.63, 3.8) is 0 Å². The van der Waals surface area contributed by atoms with Crippen molar-refractivity contribution in [1.82, 2.24) is 9.88 Å². The van der Waals surface area contributed by atoms with Crippen LogP contribution in [-0.4, -0.2) is 42.6 Å². The first kappa shape index (κ1) is 20.2. The maximum atomic E-state index is 5.20. The molecule has 3 fully saturated rings. The van der Waals surface area contributed by atoms with Crippen molar-refractivity contribution in [3.8, 4) is 0 Å². The van der Waals surface area contributed by atoms with Crippen LogP contribution in [0, 0.1) is 22.7 Å². The van der Waals surface area contributed by atoms with Gasteiger partial charge in [-0.1, -0.05) is 40.7 Å². The predicted molar refractivity (Wildman–Crippen MR) is 119 cm³/mol. The Bertz CT molecular complexity index is 672. The van der Waals surface area contributed by atoms with Gasteiger partial charge < -0.3 is 9.80 Å². The average Bonchev–Trinajstić information content (AvgIpc) is 2.71. The minimum absolute atomic E-state index is 0.479. The van der Waals surface area contributed by atoms with Crippen molar-refractivity contribution in [3.05, 3.63) is 23.9 Å². The zero-order chi connectivity index (χ0) is 19.9. The van der Waals surface area contributed by atoms with Crippen molar-refractivity contribution < 1.29 is 0 Å². The van der Waals surface area contributed by atoms with Crippen LogP contribution in [0.15, 0.2) is 18.2 Å². The van der Waals surface area contributed by atoms with Crippen molar-refractivity contribution in [1.29, 1.82) is 0 Å². The van der Waals surface area contributed by atoms with Crippen LogP contribution < -0.4 is 4.90 Å². The third kappa shape index (κ3) is 3.84. The summed E-state index contributed by atoms with van der Waals surface area (Å²) < 4.78 is 0. The molecule has 2 heterocycles.